The number of piperazine rings is 1. The van der Waals surface area contributed by atoms with Crippen LogP contribution in [0.2, 0.25) is 0 Å². The van der Waals surface area contributed by atoms with Gasteiger partial charge >= 0.3 is 12.1 Å². The molecule has 6 nitrogen and oxygen atoms in total. The summed E-state index contributed by atoms with van der Waals surface area (Å²) in [6, 6.07) is -0.0197. The van der Waals surface area contributed by atoms with Gasteiger partial charge in [-0.3, -0.25) is 9.69 Å². The number of esters is 1. The van der Waals surface area contributed by atoms with Gasteiger partial charge in [0, 0.05) is 25.7 Å². The first-order valence-electron chi connectivity index (χ1n) is 6.48. The Kier molecular flexibility index (Phi) is 5.17. The van der Waals surface area contributed by atoms with Crippen LogP contribution in [0, 0.1) is 0 Å². The molecule has 19 heavy (non-hydrogen) atoms. The summed E-state index contributed by atoms with van der Waals surface area (Å²) in [5.41, 5.74) is -0.502. The second kappa shape index (κ2) is 6.23. The van der Waals surface area contributed by atoms with Crippen molar-refractivity contribution in [3.05, 3.63) is 0 Å². The highest BCUT2D eigenvalue weighted by Crippen LogP contribution is 2.15. The van der Waals surface area contributed by atoms with Crippen molar-refractivity contribution in [3.63, 3.8) is 0 Å². The molecule has 0 aromatic rings. The van der Waals surface area contributed by atoms with E-state index < -0.39 is 5.60 Å². The van der Waals surface area contributed by atoms with Crippen molar-refractivity contribution < 1.29 is 19.1 Å². The molecule has 0 spiro atoms. The second-order valence-electron chi connectivity index (χ2n) is 5.84. The van der Waals surface area contributed by atoms with E-state index in [1.165, 1.54) is 7.11 Å². The van der Waals surface area contributed by atoms with Crippen molar-refractivity contribution >= 4 is 12.1 Å². The van der Waals surface area contributed by atoms with Gasteiger partial charge in [0.25, 0.3) is 0 Å². The summed E-state index contributed by atoms with van der Waals surface area (Å²) in [5, 5.41) is 0. The minimum absolute atomic E-state index is 0.0197. The van der Waals surface area contributed by atoms with Crippen LogP contribution in [0.1, 0.15) is 27.2 Å². The maximum atomic E-state index is 12.0. The number of carbonyl (C=O) groups excluding carboxylic acids is 2. The summed E-state index contributed by atoms with van der Waals surface area (Å²) in [6.45, 7) is 7.34. The molecule has 1 aliphatic rings. The predicted molar refractivity (Wildman–Crippen MR) is 70.9 cm³/mol. The first-order chi connectivity index (χ1) is 8.73. The van der Waals surface area contributed by atoms with Crippen molar-refractivity contribution in [2.75, 3.05) is 33.8 Å². The first kappa shape index (κ1) is 15.8. The van der Waals surface area contributed by atoms with Crippen LogP contribution in [-0.4, -0.2) is 67.3 Å². The lowest BCUT2D eigenvalue weighted by Crippen LogP contribution is -2.54. The Morgan fingerprint density at radius 1 is 1.26 bits per heavy atom. The Labute approximate surface area is 114 Å². The van der Waals surface area contributed by atoms with E-state index in [0.29, 0.717) is 13.1 Å². The molecule has 1 aliphatic heterocycles. The third-order valence-corrected chi connectivity index (χ3v) is 3.06. The van der Waals surface area contributed by atoms with E-state index in [1.807, 2.05) is 27.8 Å². The van der Waals surface area contributed by atoms with E-state index in [2.05, 4.69) is 9.64 Å². The zero-order valence-electron chi connectivity index (χ0n) is 12.4. The van der Waals surface area contributed by atoms with Gasteiger partial charge in [-0.25, -0.2) is 4.79 Å². The predicted octanol–water partition coefficient (Wildman–Crippen LogP) is 1.10. The molecule has 6 heteroatoms. The van der Waals surface area contributed by atoms with E-state index >= 15 is 0 Å². The number of amides is 1. The highest BCUT2D eigenvalue weighted by Gasteiger charge is 2.31. The SMILES string of the molecule is COC(=O)CC1CN(C(=O)OC(C)(C)C)CCN1C. The molecule has 0 aliphatic carbocycles. The minimum Gasteiger partial charge on any atom is -0.469 e. The van der Waals surface area contributed by atoms with E-state index in [9.17, 15) is 9.59 Å². The Morgan fingerprint density at radius 3 is 2.42 bits per heavy atom. The lowest BCUT2D eigenvalue weighted by Gasteiger charge is -2.39. The lowest BCUT2D eigenvalue weighted by atomic mass is 10.1. The summed E-state index contributed by atoms with van der Waals surface area (Å²) in [7, 11) is 3.32. The molecule has 110 valence electrons. The Balaban J connectivity index is 2.58. The van der Waals surface area contributed by atoms with Crippen molar-refractivity contribution in [3.8, 4) is 0 Å². The van der Waals surface area contributed by atoms with Crippen molar-refractivity contribution in [1.29, 1.82) is 0 Å². The minimum atomic E-state index is -0.502. The topological polar surface area (TPSA) is 59.1 Å². The molecule has 0 aromatic heterocycles. The molecule has 1 rings (SSSR count). The van der Waals surface area contributed by atoms with Crippen LogP contribution in [0.15, 0.2) is 0 Å². The van der Waals surface area contributed by atoms with Gasteiger partial charge < -0.3 is 14.4 Å². The molecular formula is C13H24N2O4. The zero-order chi connectivity index (χ0) is 14.6. The van der Waals surface area contributed by atoms with Gasteiger partial charge in [-0.1, -0.05) is 0 Å². The zero-order valence-corrected chi connectivity index (χ0v) is 12.4. The fourth-order valence-corrected chi connectivity index (χ4v) is 1.93. The van der Waals surface area contributed by atoms with Gasteiger partial charge in [0.1, 0.15) is 5.60 Å². The van der Waals surface area contributed by atoms with Gasteiger partial charge in [0.05, 0.1) is 13.5 Å². The molecule has 1 unspecified atom stereocenters. The average molecular weight is 272 g/mol. The van der Waals surface area contributed by atoms with Gasteiger partial charge in [-0.2, -0.15) is 0 Å². The molecule has 0 radical (unpaired) electrons. The highest BCUT2D eigenvalue weighted by molar-refractivity contribution is 5.71. The maximum absolute atomic E-state index is 12.0. The summed E-state index contributed by atoms with van der Waals surface area (Å²) in [4.78, 5) is 27.1. The van der Waals surface area contributed by atoms with Gasteiger partial charge in [-0.05, 0) is 27.8 Å². The number of methoxy groups -OCH3 is 1. The monoisotopic (exact) mass is 272 g/mol. The second-order valence-corrected chi connectivity index (χ2v) is 5.84. The summed E-state index contributed by atoms with van der Waals surface area (Å²) < 4.78 is 10.0. The quantitative estimate of drug-likeness (QED) is 0.705. The molecule has 1 atom stereocenters. The number of hydrogen-bond acceptors (Lipinski definition) is 5. The van der Waals surface area contributed by atoms with Gasteiger partial charge in [0.15, 0.2) is 0 Å². The molecule has 1 saturated heterocycles. The van der Waals surface area contributed by atoms with Crippen LogP contribution in [0.3, 0.4) is 0 Å². The third-order valence-electron chi connectivity index (χ3n) is 3.06. The normalized spacial score (nSPS) is 21.1. The van der Waals surface area contributed by atoms with Crippen LogP contribution in [0.5, 0.6) is 0 Å². The Bertz CT molecular complexity index is 338. The van der Waals surface area contributed by atoms with Crippen molar-refractivity contribution in [2.45, 2.75) is 38.8 Å². The van der Waals surface area contributed by atoms with E-state index in [0.717, 1.165) is 6.54 Å². The standard InChI is InChI=1S/C13H24N2O4/c1-13(2,3)19-12(17)15-7-6-14(4)10(9-15)8-11(16)18-5/h10H,6-9H2,1-5H3. The van der Waals surface area contributed by atoms with Crippen LogP contribution >= 0.6 is 0 Å². The molecule has 1 amide bonds. The average Bonchev–Trinajstić information content (AvgIpc) is 2.29. The highest BCUT2D eigenvalue weighted by atomic mass is 16.6. The number of ether oxygens (including phenoxy) is 2. The Hall–Kier alpha value is -1.30. The molecule has 0 bridgehead atoms. The number of carbonyl (C=O) groups is 2. The number of nitrogens with zero attached hydrogens (tertiary/aromatic N) is 2. The summed E-state index contributed by atoms with van der Waals surface area (Å²) in [6.07, 6.45) is -0.0396. The van der Waals surface area contributed by atoms with Crippen LogP contribution in [0.25, 0.3) is 0 Å². The molecular weight excluding hydrogens is 248 g/mol. The molecule has 0 aromatic carbocycles. The Morgan fingerprint density at radius 2 is 1.89 bits per heavy atom. The third kappa shape index (κ3) is 5.06. The fraction of sp³-hybridized carbons (Fsp3) is 0.846. The fourth-order valence-electron chi connectivity index (χ4n) is 1.93. The number of rotatable bonds is 2. The molecule has 1 heterocycles. The maximum Gasteiger partial charge on any atom is 0.410 e. The smallest absolute Gasteiger partial charge is 0.410 e. The van der Waals surface area contributed by atoms with Crippen LogP contribution in [0.4, 0.5) is 4.79 Å². The van der Waals surface area contributed by atoms with E-state index in [4.69, 9.17) is 4.74 Å². The van der Waals surface area contributed by atoms with E-state index in [1.54, 1.807) is 4.90 Å². The largest absolute Gasteiger partial charge is 0.469 e. The van der Waals surface area contributed by atoms with Gasteiger partial charge in [-0.15, -0.1) is 0 Å². The lowest BCUT2D eigenvalue weighted by molar-refractivity contribution is -0.142. The van der Waals surface area contributed by atoms with Crippen LogP contribution < -0.4 is 0 Å². The number of hydrogen-bond donors (Lipinski definition) is 0. The summed E-state index contributed by atoms with van der Waals surface area (Å²) in [5.74, 6) is -0.261. The van der Waals surface area contributed by atoms with Crippen molar-refractivity contribution in [1.82, 2.24) is 9.80 Å². The van der Waals surface area contributed by atoms with Gasteiger partial charge in [0.2, 0.25) is 0 Å². The number of likely N-dealkylation sites (N-methyl/N-ethyl adjacent to an activating group) is 1. The summed E-state index contributed by atoms with van der Waals surface area (Å²) >= 11 is 0. The van der Waals surface area contributed by atoms with E-state index in [-0.39, 0.29) is 24.5 Å². The van der Waals surface area contributed by atoms with Crippen LogP contribution in [-0.2, 0) is 14.3 Å². The molecule has 0 N–H and O–H groups in total. The van der Waals surface area contributed by atoms with Crippen molar-refractivity contribution in [2.24, 2.45) is 0 Å². The molecule has 0 saturated carbocycles. The first-order valence-corrected chi connectivity index (χ1v) is 6.48. The molecule has 1 fully saturated rings.